The third-order valence-electron chi connectivity index (χ3n) is 4.91. The van der Waals surface area contributed by atoms with Crippen molar-refractivity contribution in [1.82, 2.24) is 4.90 Å². The van der Waals surface area contributed by atoms with E-state index < -0.39 is 17.8 Å². The van der Waals surface area contributed by atoms with Gasteiger partial charge in [-0.2, -0.15) is 18.4 Å². The Morgan fingerprint density at radius 3 is 2.57 bits per heavy atom. The Balaban J connectivity index is 1.74. The first-order chi connectivity index (χ1) is 14.3. The second kappa shape index (κ2) is 9.04. The number of halogens is 3. The fourth-order valence-corrected chi connectivity index (χ4v) is 3.22. The van der Waals surface area contributed by atoms with Crippen LogP contribution in [0.2, 0.25) is 0 Å². The first-order valence-electron chi connectivity index (χ1n) is 9.57. The second-order valence-corrected chi connectivity index (χ2v) is 7.13. The molecule has 1 aliphatic rings. The lowest BCUT2D eigenvalue weighted by Crippen LogP contribution is -2.34. The molecule has 1 fully saturated rings. The molecule has 1 atom stereocenters. The van der Waals surface area contributed by atoms with Gasteiger partial charge in [0.2, 0.25) is 5.91 Å². The molecule has 0 spiro atoms. The highest BCUT2D eigenvalue weighted by molar-refractivity contribution is 5.92. The second-order valence-electron chi connectivity index (χ2n) is 7.13. The number of amides is 1. The van der Waals surface area contributed by atoms with E-state index in [1.807, 2.05) is 6.07 Å². The van der Waals surface area contributed by atoms with Gasteiger partial charge in [0.15, 0.2) is 6.61 Å². The van der Waals surface area contributed by atoms with E-state index in [0.717, 1.165) is 30.5 Å². The molecule has 3 rings (SSSR count). The Morgan fingerprint density at radius 1 is 1.27 bits per heavy atom. The van der Waals surface area contributed by atoms with Gasteiger partial charge in [-0.25, -0.2) is 0 Å². The summed E-state index contributed by atoms with van der Waals surface area (Å²) in [5.74, 6) is 0.310. The van der Waals surface area contributed by atoms with Gasteiger partial charge in [0.1, 0.15) is 11.8 Å². The van der Waals surface area contributed by atoms with Crippen LogP contribution in [0, 0.1) is 11.3 Å². The van der Waals surface area contributed by atoms with Gasteiger partial charge in [0.05, 0.1) is 11.6 Å². The summed E-state index contributed by atoms with van der Waals surface area (Å²) >= 11 is 0. The lowest BCUT2D eigenvalue weighted by atomic mass is 10.0. The maximum Gasteiger partial charge on any atom is 0.416 e. The lowest BCUT2D eigenvalue weighted by Gasteiger charge is -2.29. The minimum absolute atomic E-state index is 0.0356. The quantitative estimate of drug-likeness (QED) is 0.572. The highest BCUT2D eigenvalue weighted by Crippen LogP contribution is 2.37. The molecule has 1 unspecified atom stereocenters. The molecule has 4 nitrogen and oxygen atoms in total. The molecule has 2 aromatic carbocycles. The molecule has 7 heteroatoms. The summed E-state index contributed by atoms with van der Waals surface area (Å²) < 4.78 is 44.3. The van der Waals surface area contributed by atoms with E-state index in [-0.39, 0.29) is 18.6 Å². The highest BCUT2D eigenvalue weighted by atomic mass is 19.4. The first kappa shape index (κ1) is 21.4. The van der Waals surface area contributed by atoms with E-state index in [2.05, 4.69) is 0 Å². The van der Waals surface area contributed by atoms with Gasteiger partial charge in [-0.15, -0.1) is 0 Å². The summed E-state index contributed by atoms with van der Waals surface area (Å²) in [6, 6.07) is 13.5. The molecule has 156 valence electrons. The average molecular weight is 414 g/mol. The molecule has 0 bridgehead atoms. The van der Waals surface area contributed by atoms with Crippen molar-refractivity contribution in [3.05, 3.63) is 71.3 Å². The van der Waals surface area contributed by atoms with Gasteiger partial charge in [-0.05, 0) is 61.2 Å². The Hall–Kier alpha value is -3.27. The van der Waals surface area contributed by atoms with E-state index in [4.69, 9.17) is 10.00 Å². The molecule has 1 aliphatic carbocycles. The number of nitrogens with zero attached hydrogens (tertiary/aromatic N) is 2. The normalized spacial score (nSPS) is 14.9. The van der Waals surface area contributed by atoms with Gasteiger partial charge in [-0.3, -0.25) is 4.79 Å². The number of alkyl halides is 3. The monoisotopic (exact) mass is 414 g/mol. The zero-order valence-corrected chi connectivity index (χ0v) is 16.4. The van der Waals surface area contributed by atoms with Gasteiger partial charge >= 0.3 is 6.18 Å². The smallest absolute Gasteiger partial charge is 0.416 e. The number of ether oxygens (including phenoxy) is 1. The van der Waals surface area contributed by atoms with E-state index >= 15 is 0 Å². The van der Waals surface area contributed by atoms with Gasteiger partial charge in [0, 0.05) is 12.1 Å². The van der Waals surface area contributed by atoms with Crippen LogP contribution in [-0.4, -0.2) is 23.5 Å². The summed E-state index contributed by atoms with van der Waals surface area (Å²) in [7, 11) is 0. The maximum absolute atomic E-state index is 13.1. The summed E-state index contributed by atoms with van der Waals surface area (Å²) in [5, 5.41) is 8.53. The molecule has 0 aromatic heterocycles. The maximum atomic E-state index is 13.1. The third-order valence-corrected chi connectivity index (χ3v) is 4.91. The van der Waals surface area contributed by atoms with Crippen LogP contribution in [0.1, 0.15) is 42.5 Å². The van der Waals surface area contributed by atoms with Crippen LogP contribution in [-0.2, 0) is 11.0 Å². The van der Waals surface area contributed by atoms with Crippen LogP contribution >= 0.6 is 0 Å². The number of rotatable bonds is 7. The number of carbonyl (C=O) groups excluding carboxylic acids is 1. The minimum atomic E-state index is -4.42. The lowest BCUT2D eigenvalue weighted by molar-refractivity contribution is -0.137. The molecule has 30 heavy (non-hydrogen) atoms. The number of carbonyl (C=O) groups is 1. The van der Waals surface area contributed by atoms with Crippen LogP contribution in [0.3, 0.4) is 0 Å². The van der Waals surface area contributed by atoms with Crippen LogP contribution in [0.15, 0.2) is 54.6 Å². The van der Waals surface area contributed by atoms with Crippen molar-refractivity contribution in [2.75, 3.05) is 6.61 Å². The third kappa shape index (κ3) is 5.41. The van der Waals surface area contributed by atoms with Crippen molar-refractivity contribution >= 4 is 12.0 Å². The number of hydrogen-bond acceptors (Lipinski definition) is 3. The fraction of sp³-hybridized carbons (Fsp3) is 0.304. The van der Waals surface area contributed by atoms with Crippen molar-refractivity contribution in [3.8, 4) is 11.8 Å². The molecule has 0 saturated heterocycles. The van der Waals surface area contributed by atoms with Crippen molar-refractivity contribution in [2.24, 2.45) is 0 Å². The zero-order chi connectivity index (χ0) is 21.7. The SMILES string of the molecule is CC(c1cccc(C(F)(F)F)c1)N(C(=O)C=Cc1ccc(OCC#N)cc1)C1CC1. The summed E-state index contributed by atoms with van der Waals surface area (Å²) in [6.45, 7) is 1.71. The van der Waals surface area contributed by atoms with E-state index in [9.17, 15) is 18.0 Å². The molecule has 0 heterocycles. The molecule has 2 aromatic rings. The molecular formula is C23H21F3N2O2. The summed E-state index contributed by atoms with van der Waals surface area (Å²) in [6.07, 6.45) is 0.354. The predicted octanol–water partition coefficient (Wildman–Crippen LogP) is 5.37. The van der Waals surface area contributed by atoms with Crippen molar-refractivity contribution < 1.29 is 22.7 Å². The highest BCUT2D eigenvalue weighted by Gasteiger charge is 2.36. The molecule has 0 aliphatic heterocycles. The molecule has 1 amide bonds. The first-order valence-corrected chi connectivity index (χ1v) is 9.57. The van der Waals surface area contributed by atoms with Crippen LogP contribution in [0.25, 0.3) is 6.08 Å². The van der Waals surface area contributed by atoms with Crippen LogP contribution in [0.4, 0.5) is 13.2 Å². The van der Waals surface area contributed by atoms with E-state index in [1.54, 1.807) is 48.2 Å². The summed E-state index contributed by atoms with van der Waals surface area (Å²) in [4.78, 5) is 14.5. The summed E-state index contributed by atoms with van der Waals surface area (Å²) in [5.41, 5.74) is 0.511. The average Bonchev–Trinajstić information content (AvgIpc) is 3.56. The standard InChI is InChI=1S/C23H21F3N2O2/c1-16(18-3-2-4-19(15-18)23(24,25)26)28(20-8-9-20)22(29)12-7-17-5-10-21(11-6-17)30-14-13-27/h2-7,10-12,15-16,20H,8-9,14H2,1H3. The number of nitriles is 1. The number of benzene rings is 2. The predicted molar refractivity (Wildman–Crippen MR) is 106 cm³/mol. The van der Waals surface area contributed by atoms with Gasteiger partial charge in [0.25, 0.3) is 0 Å². The van der Waals surface area contributed by atoms with Crippen LogP contribution < -0.4 is 4.74 Å². The Labute approximate surface area is 173 Å². The van der Waals surface area contributed by atoms with E-state index in [0.29, 0.717) is 11.3 Å². The molecular weight excluding hydrogens is 393 g/mol. The Bertz CT molecular complexity index is 958. The Morgan fingerprint density at radius 2 is 1.97 bits per heavy atom. The van der Waals surface area contributed by atoms with Gasteiger partial charge in [-0.1, -0.05) is 24.3 Å². The van der Waals surface area contributed by atoms with Crippen LogP contribution in [0.5, 0.6) is 5.75 Å². The largest absolute Gasteiger partial charge is 0.479 e. The van der Waals surface area contributed by atoms with Crippen molar-refractivity contribution in [1.29, 1.82) is 5.26 Å². The Kier molecular flexibility index (Phi) is 6.46. The van der Waals surface area contributed by atoms with Crippen molar-refractivity contribution in [2.45, 2.75) is 38.0 Å². The van der Waals surface area contributed by atoms with E-state index in [1.165, 1.54) is 12.1 Å². The molecule has 1 saturated carbocycles. The van der Waals surface area contributed by atoms with Crippen molar-refractivity contribution in [3.63, 3.8) is 0 Å². The van der Waals surface area contributed by atoms with Gasteiger partial charge < -0.3 is 9.64 Å². The molecule has 0 radical (unpaired) electrons. The topological polar surface area (TPSA) is 53.3 Å². The number of hydrogen-bond donors (Lipinski definition) is 0. The fourth-order valence-electron chi connectivity index (χ4n) is 3.22. The molecule has 0 N–H and O–H groups in total. The zero-order valence-electron chi connectivity index (χ0n) is 16.4. The minimum Gasteiger partial charge on any atom is -0.479 e.